The molecule has 0 N–H and O–H groups in total. The molecule has 0 aliphatic rings. The Morgan fingerprint density at radius 1 is 1.11 bits per heavy atom. The van der Waals surface area contributed by atoms with Crippen LogP contribution in [0.5, 0.6) is 11.6 Å². The van der Waals surface area contributed by atoms with Crippen LogP contribution in [0.3, 0.4) is 0 Å². The fourth-order valence-electron chi connectivity index (χ4n) is 1.72. The molecule has 0 radical (unpaired) electrons. The largest absolute Gasteiger partial charge is 0.438 e. The number of pyridine rings is 1. The first-order chi connectivity index (χ1) is 8.60. The normalized spacial score (nSPS) is 10.4. The first-order valence-corrected chi connectivity index (χ1v) is 6.40. The van der Waals surface area contributed by atoms with E-state index in [-0.39, 0.29) is 0 Å². The Labute approximate surface area is 113 Å². The first kappa shape index (κ1) is 12.9. The minimum Gasteiger partial charge on any atom is -0.438 e. The lowest BCUT2D eigenvalue weighted by molar-refractivity contribution is 0.455. The maximum Gasteiger partial charge on any atom is 0.222 e. The van der Waals surface area contributed by atoms with Crippen molar-refractivity contribution in [3.63, 3.8) is 0 Å². The van der Waals surface area contributed by atoms with Gasteiger partial charge in [-0.15, -0.1) is 11.6 Å². The zero-order chi connectivity index (χ0) is 13.1. The smallest absolute Gasteiger partial charge is 0.222 e. The van der Waals surface area contributed by atoms with Crippen LogP contribution in [-0.4, -0.2) is 4.98 Å². The van der Waals surface area contributed by atoms with Gasteiger partial charge in [-0.1, -0.05) is 12.1 Å². The number of aromatic nitrogens is 1. The average Bonchev–Trinajstić information content (AvgIpc) is 2.36. The van der Waals surface area contributed by atoms with Crippen molar-refractivity contribution in [2.75, 3.05) is 0 Å². The third kappa shape index (κ3) is 2.82. The Kier molecular flexibility index (Phi) is 3.87. The van der Waals surface area contributed by atoms with Crippen LogP contribution in [0.15, 0.2) is 30.5 Å². The van der Waals surface area contributed by atoms with Gasteiger partial charge in [0, 0.05) is 17.6 Å². The van der Waals surface area contributed by atoms with Crippen LogP contribution in [0.2, 0.25) is 0 Å². The van der Waals surface area contributed by atoms with E-state index in [2.05, 4.69) is 11.1 Å². The molecule has 0 spiro atoms. The summed E-state index contributed by atoms with van der Waals surface area (Å²) in [5.74, 6) is 1.96. The predicted octanol–water partition coefficient (Wildman–Crippen LogP) is 4.54. The zero-order valence-corrected chi connectivity index (χ0v) is 11.6. The number of alkyl halides is 1. The highest BCUT2D eigenvalue weighted by atomic mass is 35.5. The van der Waals surface area contributed by atoms with Crippen LogP contribution in [-0.2, 0) is 5.88 Å². The number of benzene rings is 1. The summed E-state index contributed by atoms with van der Waals surface area (Å²) in [5.41, 5.74) is 4.27. The molecule has 0 amide bonds. The second-order valence-electron chi connectivity index (χ2n) is 4.47. The molecule has 0 fully saturated rings. The molecule has 18 heavy (non-hydrogen) atoms. The average molecular weight is 262 g/mol. The summed E-state index contributed by atoms with van der Waals surface area (Å²) in [6.45, 7) is 6.05. The number of hydrogen-bond acceptors (Lipinski definition) is 2. The topological polar surface area (TPSA) is 22.1 Å². The number of halogens is 1. The lowest BCUT2D eigenvalue weighted by atomic mass is 10.1. The Balaban J connectivity index is 2.31. The number of nitrogens with zero attached hydrogens (tertiary/aromatic N) is 1. The number of rotatable bonds is 3. The fourth-order valence-corrected chi connectivity index (χ4v) is 1.87. The van der Waals surface area contributed by atoms with E-state index in [0.717, 1.165) is 22.4 Å². The molecule has 2 aromatic rings. The Bertz CT molecular complexity index is 566. The summed E-state index contributed by atoms with van der Waals surface area (Å²) in [6.07, 6.45) is 1.75. The second-order valence-corrected chi connectivity index (χ2v) is 4.74. The van der Waals surface area contributed by atoms with Gasteiger partial charge in [0.05, 0.1) is 0 Å². The monoisotopic (exact) mass is 261 g/mol. The Morgan fingerprint density at radius 3 is 2.56 bits per heavy atom. The van der Waals surface area contributed by atoms with Crippen LogP contribution >= 0.6 is 11.6 Å². The van der Waals surface area contributed by atoms with E-state index in [1.165, 1.54) is 5.56 Å². The lowest BCUT2D eigenvalue weighted by Gasteiger charge is -2.11. The van der Waals surface area contributed by atoms with Crippen molar-refractivity contribution in [2.24, 2.45) is 0 Å². The quantitative estimate of drug-likeness (QED) is 0.757. The van der Waals surface area contributed by atoms with Crippen molar-refractivity contribution >= 4 is 11.6 Å². The van der Waals surface area contributed by atoms with Gasteiger partial charge in [-0.2, -0.15) is 0 Å². The van der Waals surface area contributed by atoms with E-state index in [4.69, 9.17) is 16.3 Å². The van der Waals surface area contributed by atoms with Gasteiger partial charge in [0.15, 0.2) is 0 Å². The van der Waals surface area contributed by atoms with Crippen molar-refractivity contribution in [3.05, 3.63) is 52.7 Å². The maximum absolute atomic E-state index is 5.87. The molecule has 0 aliphatic carbocycles. The Hall–Kier alpha value is -1.54. The van der Waals surface area contributed by atoms with Crippen molar-refractivity contribution in [2.45, 2.75) is 26.7 Å². The third-order valence-corrected chi connectivity index (χ3v) is 3.10. The highest BCUT2D eigenvalue weighted by Gasteiger charge is 2.06. The number of aryl methyl sites for hydroxylation is 3. The summed E-state index contributed by atoms with van der Waals surface area (Å²) in [5, 5.41) is 0. The van der Waals surface area contributed by atoms with Crippen molar-refractivity contribution in [1.82, 2.24) is 4.98 Å². The molecule has 3 heteroatoms. The molecule has 0 aliphatic heterocycles. The van der Waals surface area contributed by atoms with Gasteiger partial charge in [0.25, 0.3) is 0 Å². The van der Waals surface area contributed by atoms with Crippen LogP contribution in [0.1, 0.15) is 22.3 Å². The molecule has 1 aromatic heterocycles. The standard InChI is InChI=1S/C15H16ClNO/c1-10-4-5-11(2)14(6-10)18-15-12(3)7-13(8-16)9-17-15/h4-7,9H,8H2,1-3H3. The number of hydrogen-bond donors (Lipinski definition) is 0. The molecule has 0 saturated carbocycles. The van der Waals surface area contributed by atoms with E-state index in [0.29, 0.717) is 11.8 Å². The van der Waals surface area contributed by atoms with Crippen molar-refractivity contribution in [1.29, 1.82) is 0 Å². The molecule has 1 aromatic carbocycles. The van der Waals surface area contributed by atoms with Gasteiger partial charge in [-0.05, 0) is 49.6 Å². The van der Waals surface area contributed by atoms with Gasteiger partial charge >= 0.3 is 0 Å². The van der Waals surface area contributed by atoms with Gasteiger partial charge < -0.3 is 4.74 Å². The third-order valence-electron chi connectivity index (χ3n) is 2.79. The van der Waals surface area contributed by atoms with Gasteiger partial charge in [0.2, 0.25) is 5.88 Å². The SMILES string of the molecule is Cc1ccc(C)c(Oc2ncc(CCl)cc2C)c1. The molecule has 2 rings (SSSR count). The van der Waals surface area contributed by atoms with Crippen LogP contribution < -0.4 is 4.74 Å². The molecule has 0 atom stereocenters. The molecule has 1 heterocycles. The molecule has 0 bridgehead atoms. The van der Waals surface area contributed by atoms with Gasteiger partial charge in [0.1, 0.15) is 5.75 Å². The van der Waals surface area contributed by atoms with E-state index in [9.17, 15) is 0 Å². The molecule has 0 unspecified atom stereocenters. The molecule has 94 valence electrons. The van der Waals surface area contributed by atoms with Crippen molar-refractivity contribution < 1.29 is 4.74 Å². The minimum atomic E-state index is 0.470. The molecule has 0 saturated heterocycles. The highest BCUT2D eigenvalue weighted by molar-refractivity contribution is 6.17. The molecule has 2 nitrogen and oxygen atoms in total. The highest BCUT2D eigenvalue weighted by Crippen LogP contribution is 2.27. The molecular weight excluding hydrogens is 246 g/mol. The summed E-state index contributed by atoms with van der Waals surface area (Å²) >= 11 is 5.78. The lowest BCUT2D eigenvalue weighted by Crippen LogP contribution is -1.95. The number of ether oxygens (including phenoxy) is 1. The second kappa shape index (κ2) is 5.40. The van der Waals surface area contributed by atoms with Crippen LogP contribution in [0, 0.1) is 20.8 Å². The minimum absolute atomic E-state index is 0.470. The van der Waals surface area contributed by atoms with Crippen LogP contribution in [0.4, 0.5) is 0 Å². The molecular formula is C15H16ClNO. The first-order valence-electron chi connectivity index (χ1n) is 5.86. The summed E-state index contributed by atoms with van der Waals surface area (Å²) < 4.78 is 5.87. The Morgan fingerprint density at radius 2 is 1.89 bits per heavy atom. The van der Waals surface area contributed by atoms with E-state index < -0.39 is 0 Å². The van der Waals surface area contributed by atoms with Crippen LogP contribution in [0.25, 0.3) is 0 Å². The van der Waals surface area contributed by atoms with E-state index >= 15 is 0 Å². The van der Waals surface area contributed by atoms with E-state index in [1.54, 1.807) is 6.20 Å². The fraction of sp³-hybridized carbons (Fsp3) is 0.267. The summed E-state index contributed by atoms with van der Waals surface area (Å²) in [4.78, 5) is 4.31. The summed E-state index contributed by atoms with van der Waals surface area (Å²) in [6, 6.07) is 8.14. The van der Waals surface area contributed by atoms with Gasteiger partial charge in [-0.25, -0.2) is 4.98 Å². The van der Waals surface area contributed by atoms with E-state index in [1.807, 2.05) is 39.0 Å². The maximum atomic E-state index is 5.87. The predicted molar refractivity (Wildman–Crippen MR) is 74.5 cm³/mol. The zero-order valence-electron chi connectivity index (χ0n) is 10.8. The van der Waals surface area contributed by atoms with Gasteiger partial charge in [-0.3, -0.25) is 0 Å². The summed E-state index contributed by atoms with van der Waals surface area (Å²) in [7, 11) is 0. The van der Waals surface area contributed by atoms with Crippen molar-refractivity contribution in [3.8, 4) is 11.6 Å².